The standard InChI is InChI=1S/C22H33N3O3/c1-18-20(23-12-14-27-15-13-23)8-11-25(18)16-19-6-2-3-7-21(19)28-17-22(26)24-9-4-5-10-24/h2-3,6-7,18,20H,4-5,8-17H2,1H3/t18-,20-/m1/s1. The number of benzene rings is 1. The molecule has 0 aliphatic carbocycles. The van der Waals surface area contributed by atoms with Gasteiger partial charge in [0.05, 0.1) is 13.2 Å². The second-order valence-corrected chi connectivity index (χ2v) is 8.20. The van der Waals surface area contributed by atoms with Crippen molar-refractivity contribution in [2.24, 2.45) is 0 Å². The summed E-state index contributed by atoms with van der Waals surface area (Å²) in [6, 6.07) is 9.29. The number of hydrogen-bond acceptors (Lipinski definition) is 5. The molecule has 2 atom stereocenters. The second kappa shape index (κ2) is 9.25. The second-order valence-electron chi connectivity index (χ2n) is 8.20. The van der Waals surface area contributed by atoms with Crippen LogP contribution in [0.4, 0.5) is 0 Å². The third-order valence-electron chi connectivity index (χ3n) is 6.52. The van der Waals surface area contributed by atoms with Crippen molar-refractivity contribution in [1.29, 1.82) is 0 Å². The summed E-state index contributed by atoms with van der Waals surface area (Å²) in [5.74, 6) is 0.950. The molecule has 6 heteroatoms. The van der Waals surface area contributed by atoms with Gasteiger partial charge in [-0.15, -0.1) is 0 Å². The number of morpholine rings is 1. The first-order valence-corrected chi connectivity index (χ1v) is 10.8. The van der Waals surface area contributed by atoms with Crippen molar-refractivity contribution in [2.45, 2.75) is 44.8 Å². The average Bonchev–Trinajstić information content (AvgIpc) is 3.39. The summed E-state index contributed by atoms with van der Waals surface area (Å²) < 4.78 is 11.5. The fraction of sp³-hybridized carbons (Fsp3) is 0.682. The van der Waals surface area contributed by atoms with E-state index >= 15 is 0 Å². The summed E-state index contributed by atoms with van der Waals surface area (Å²) in [4.78, 5) is 19.4. The molecule has 1 aromatic rings. The van der Waals surface area contributed by atoms with Gasteiger partial charge in [0.2, 0.25) is 0 Å². The van der Waals surface area contributed by atoms with Gasteiger partial charge in [0.15, 0.2) is 6.61 Å². The van der Waals surface area contributed by atoms with Crippen molar-refractivity contribution >= 4 is 5.91 Å². The van der Waals surface area contributed by atoms with Gasteiger partial charge >= 0.3 is 0 Å². The number of likely N-dealkylation sites (tertiary alicyclic amines) is 2. The first kappa shape index (κ1) is 19.7. The van der Waals surface area contributed by atoms with E-state index in [0.29, 0.717) is 12.1 Å². The highest BCUT2D eigenvalue weighted by Crippen LogP contribution is 2.28. The Labute approximate surface area is 168 Å². The van der Waals surface area contributed by atoms with E-state index in [1.54, 1.807) is 0 Å². The van der Waals surface area contributed by atoms with E-state index in [9.17, 15) is 4.79 Å². The van der Waals surface area contributed by atoms with Gasteiger partial charge in [-0.05, 0) is 32.3 Å². The zero-order valence-corrected chi connectivity index (χ0v) is 17.0. The number of para-hydroxylation sites is 1. The van der Waals surface area contributed by atoms with Crippen LogP contribution in [0.1, 0.15) is 31.7 Å². The molecule has 1 aromatic carbocycles. The lowest BCUT2D eigenvalue weighted by Gasteiger charge is -2.36. The number of nitrogens with zero attached hydrogens (tertiary/aromatic N) is 3. The molecule has 154 valence electrons. The summed E-state index contributed by atoms with van der Waals surface area (Å²) in [7, 11) is 0. The van der Waals surface area contributed by atoms with Crippen molar-refractivity contribution in [3.63, 3.8) is 0 Å². The lowest BCUT2D eigenvalue weighted by Crippen LogP contribution is -2.48. The molecule has 0 aromatic heterocycles. The SMILES string of the molecule is C[C@@H]1[C@H](N2CCOCC2)CCN1Cc1ccccc1OCC(=O)N1CCCC1. The van der Waals surface area contributed by atoms with E-state index in [-0.39, 0.29) is 12.5 Å². The quantitative estimate of drug-likeness (QED) is 0.747. The van der Waals surface area contributed by atoms with E-state index < -0.39 is 0 Å². The third kappa shape index (κ3) is 4.50. The van der Waals surface area contributed by atoms with Crippen LogP contribution in [0.25, 0.3) is 0 Å². The molecule has 3 aliphatic heterocycles. The summed E-state index contributed by atoms with van der Waals surface area (Å²) in [6.45, 7) is 9.99. The molecule has 1 amide bonds. The Morgan fingerprint density at radius 2 is 1.86 bits per heavy atom. The van der Waals surface area contributed by atoms with Gasteiger partial charge in [-0.25, -0.2) is 0 Å². The maximum Gasteiger partial charge on any atom is 0.260 e. The maximum atomic E-state index is 12.3. The van der Waals surface area contributed by atoms with Crippen molar-refractivity contribution in [3.8, 4) is 5.75 Å². The van der Waals surface area contributed by atoms with Crippen molar-refractivity contribution in [2.75, 3.05) is 52.5 Å². The zero-order valence-electron chi connectivity index (χ0n) is 17.0. The van der Waals surface area contributed by atoms with Crippen LogP contribution < -0.4 is 4.74 Å². The van der Waals surface area contributed by atoms with E-state index in [2.05, 4.69) is 28.9 Å². The molecule has 0 saturated carbocycles. The molecule has 4 rings (SSSR count). The minimum atomic E-state index is 0.106. The van der Waals surface area contributed by atoms with E-state index in [1.807, 2.05) is 17.0 Å². The van der Waals surface area contributed by atoms with E-state index in [1.165, 1.54) is 12.0 Å². The maximum absolute atomic E-state index is 12.3. The number of carbonyl (C=O) groups excluding carboxylic acids is 1. The molecule has 3 aliphatic rings. The van der Waals surface area contributed by atoms with Gasteiger partial charge in [0.25, 0.3) is 5.91 Å². The normalized spacial score (nSPS) is 26.7. The van der Waals surface area contributed by atoms with Gasteiger partial charge in [-0.1, -0.05) is 18.2 Å². The Kier molecular flexibility index (Phi) is 6.50. The largest absolute Gasteiger partial charge is 0.483 e. The summed E-state index contributed by atoms with van der Waals surface area (Å²) >= 11 is 0. The highest BCUT2D eigenvalue weighted by atomic mass is 16.5. The minimum Gasteiger partial charge on any atom is -0.483 e. The Bertz CT molecular complexity index is 656. The minimum absolute atomic E-state index is 0.106. The average molecular weight is 388 g/mol. The highest BCUT2D eigenvalue weighted by molar-refractivity contribution is 5.78. The molecule has 0 unspecified atom stereocenters. The van der Waals surface area contributed by atoms with Crippen molar-refractivity contribution < 1.29 is 14.3 Å². The summed E-state index contributed by atoms with van der Waals surface area (Å²) in [5.41, 5.74) is 1.17. The van der Waals surface area contributed by atoms with Gasteiger partial charge < -0.3 is 14.4 Å². The molecular weight excluding hydrogens is 354 g/mol. The molecule has 3 fully saturated rings. The highest BCUT2D eigenvalue weighted by Gasteiger charge is 2.35. The van der Waals surface area contributed by atoms with E-state index in [0.717, 1.165) is 71.1 Å². The number of hydrogen-bond donors (Lipinski definition) is 0. The Morgan fingerprint density at radius 3 is 2.64 bits per heavy atom. The van der Waals surface area contributed by atoms with Gasteiger partial charge in [-0.2, -0.15) is 0 Å². The fourth-order valence-electron chi connectivity index (χ4n) is 4.80. The van der Waals surface area contributed by atoms with Crippen LogP contribution in [0, 0.1) is 0 Å². The molecule has 28 heavy (non-hydrogen) atoms. The molecule has 0 radical (unpaired) electrons. The summed E-state index contributed by atoms with van der Waals surface area (Å²) in [6.07, 6.45) is 3.43. The molecule has 0 spiro atoms. The Balaban J connectivity index is 1.35. The molecular formula is C22H33N3O3. The third-order valence-corrected chi connectivity index (χ3v) is 6.52. The number of rotatable bonds is 6. The van der Waals surface area contributed by atoms with Crippen LogP contribution in [-0.2, 0) is 16.1 Å². The zero-order chi connectivity index (χ0) is 19.3. The topological polar surface area (TPSA) is 45.3 Å². The Morgan fingerprint density at radius 1 is 1.11 bits per heavy atom. The lowest BCUT2D eigenvalue weighted by atomic mass is 10.1. The van der Waals surface area contributed by atoms with Crippen LogP contribution in [0.3, 0.4) is 0 Å². The van der Waals surface area contributed by atoms with Gasteiger partial charge in [-0.3, -0.25) is 14.6 Å². The van der Waals surface area contributed by atoms with Crippen LogP contribution in [-0.4, -0.2) is 85.2 Å². The van der Waals surface area contributed by atoms with Crippen molar-refractivity contribution in [3.05, 3.63) is 29.8 Å². The molecule has 6 nitrogen and oxygen atoms in total. The summed E-state index contributed by atoms with van der Waals surface area (Å²) in [5, 5.41) is 0. The number of carbonyl (C=O) groups is 1. The Hall–Kier alpha value is -1.63. The van der Waals surface area contributed by atoms with Crippen LogP contribution in [0.15, 0.2) is 24.3 Å². The first-order valence-electron chi connectivity index (χ1n) is 10.8. The van der Waals surface area contributed by atoms with E-state index in [4.69, 9.17) is 9.47 Å². The fourth-order valence-corrected chi connectivity index (χ4v) is 4.80. The first-order chi connectivity index (χ1) is 13.7. The lowest BCUT2D eigenvalue weighted by molar-refractivity contribution is -0.132. The van der Waals surface area contributed by atoms with Gasteiger partial charge in [0.1, 0.15) is 5.75 Å². The van der Waals surface area contributed by atoms with Crippen LogP contribution >= 0.6 is 0 Å². The molecule has 0 bridgehead atoms. The predicted molar refractivity (Wildman–Crippen MR) is 108 cm³/mol. The number of ether oxygens (including phenoxy) is 2. The number of amides is 1. The molecule has 3 heterocycles. The smallest absolute Gasteiger partial charge is 0.260 e. The van der Waals surface area contributed by atoms with Gasteiger partial charge in [0, 0.05) is 56.9 Å². The predicted octanol–water partition coefficient (Wildman–Crippen LogP) is 1.98. The monoisotopic (exact) mass is 387 g/mol. The van der Waals surface area contributed by atoms with Crippen LogP contribution in [0.5, 0.6) is 5.75 Å². The molecule has 3 saturated heterocycles. The van der Waals surface area contributed by atoms with Crippen molar-refractivity contribution in [1.82, 2.24) is 14.7 Å². The van der Waals surface area contributed by atoms with Crippen LogP contribution in [0.2, 0.25) is 0 Å². The molecule has 0 N–H and O–H groups in total.